The molecule has 3 rings (SSSR count). The second kappa shape index (κ2) is 9.51. The largest absolute Gasteiger partial charge is 0.573 e. The lowest BCUT2D eigenvalue weighted by atomic mass is 10.1. The van der Waals surface area contributed by atoms with Crippen molar-refractivity contribution in [1.29, 1.82) is 0 Å². The summed E-state index contributed by atoms with van der Waals surface area (Å²) in [4.78, 5) is 13.0. The van der Waals surface area contributed by atoms with Crippen molar-refractivity contribution in [1.82, 2.24) is 4.31 Å². The van der Waals surface area contributed by atoms with Gasteiger partial charge in [0.15, 0.2) is 0 Å². The summed E-state index contributed by atoms with van der Waals surface area (Å²) in [7, 11) is -3.94. The number of alkyl halides is 3. The number of hydrogen-bond acceptors (Lipinski definition) is 5. The number of piperazine rings is 1. The molecule has 180 valence electrons. The number of anilines is 1. The summed E-state index contributed by atoms with van der Waals surface area (Å²) < 4.78 is 69.7. The lowest BCUT2D eigenvalue weighted by Gasteiger charge is -2.44. The first-order chi connectivity index (χ1) is 15.3. The van der Waals surface area contributed by atoms with Gasteiger partial charge < -0.3 is 14.7 Å². The molecule has 1 heterocycles. The van der Waals surface area contributed by atoms with E-state index >= 15 is 0 Å². The molecule has 0 saturated carbocycles. The van der Waals surface area contributed by atoms with Gasteiger partial charge in [0.25, 0.3) is 0 Å². The molecule has 0 bridgehead atoms. The van der Waals surface area contributed by atoms with Gasteiger partial charge in [0.1, 0.15) is 5.75 Å². The number of rotatable bonds is 6. The quantitative estimate of drug-likeness (QED) is 0.578. The number of carbonyl (C=O) groups is 1. The second-order valence-electron chi connectivity index (χ2n) is 7.85. The van der Waals surface area contributed by atoms with Crippen molar-refractivity contribution >= 4 is 37.6 Å². The van der Waals surface area contributed by atoms with E-state index in [1.54, 1.807) is 19.9 Å². The summed E-state index contributed by atoms with van der Waals surface area (Å²) in [5.74, 6) is -1.40. The van der Waals surface area contributed by atoms with E-state index in [0.717, 1.165) is 0 Å². The molecule has 1 fully saturated rings. The Hall–Kier alpha value is -2.31. The Labute approximate surface area is 197 Å². The van der Waals surface area contributed by atoms with Crippen LogP contribution in [0.3, 0.4) is 0 Å². The normalized spacial score (nSPS) is 20.0. The molecule has 0 spiro atoms. The number of sulfonamides is 1. The fraction of sp³-hybridized carbons (Fsp3) is 0.381. The van der Waals surface area contributed by atoms with Crippen molar-refractivity contribution in [2.75, 3.05) is 18.0 Å². The van der Waals surface area contributed by atoms with E-state index in [1.165, 1.54) is 40.7 Å². The molecule has 0 amide bonds. The van der Waals surface area contributed by atoms with E-state index < -0.39 is 34.4 Å². The highest BCUT2D eigenvalue weighted by atomic mass is 79.9. The van der Waals surface area contributed by atoms with Gasteiger partial charge in [-0.3, -0.25) is 4.79 Å². The van der Waals surface area contributed by atoms with E-state index in [1.807, 2.05) is 4.90 Å². The number of halogens is 4. The summed E-state index contributed by atoms with van der Waals surface area (Å²) in [6.45, 7) is 4.13. The Bertz CT molecular complexity index is 1110. The van der Waals surface area contributed by atoms with Crippen LogP contribution in [0.1, 0.15) is 19.4 Å². The van der Waals surface area contributed by atoms with Gasteiger partial charge in [-0.05, 0) is 61.9 Å². The number of aliphatic carboxylic acids is 1. The Morgan fingerprint density at radius 2 is 1.70 bits per heavy atom. The third-order valence-corrected chi connectivity index (χ3v) is 7.70. The molecule has 0 radical (unpaired) electrons. The maximum atomic E-state index is 13.4. The third-order valence-electron chi connectivity index (χ3n) is 5.14. The molecule has 2 atom stereocenters. The Morgan fingerprint density at radius 3 is 2.21 bits per heavy atom. The van der Waals surface area contributed by atoms with E-state index in [9.17, 15) is 26.4 Å². The lowest BCUT2D eigenvalue weighted by Crippen LogP contribution is -2.58. The zero-order chi connectivity index (χ0) is 24.6. The maximum absolute atomic E-state index is 13.4. The summed E-state index contributed by atoms with van der Waals surface area (Å²) in [5.41, 5.74) is 1.00. The van der Waals surface area contributed by atoms with Gasteiger partial charge in [0.05, 0.1) is 11.3 Å². The maximum Gasteiger partial charge on any atom is 0.573 e. The van der Waals surface area contributed by atoms with Gasteiger partial charge in [0, 0.05) is 35.3 Å². The topological polar surface area (TPSA) is 87.2 Å². The SMILES string of the molecule is CC1CN(c2ccc(OC(F)(F)F)cc2)CC(C)N1S(=O)(=O)c1cc(Br)cc(CC(=O)O)c1. The zero-order valence-corrected chi connectivity index (χ0v) is 20.1. The monoisotopic (exact) mass is 550 g/mol. The summed E-state index contributed by atoms with van der Waals surface area (Å²) in [6.07, 6.45) is -5.09. The number of benzene rings is 2. The van der Waals surface area contributed by atoms with Crippen molar-refractivity contribution in [3.8, 4) is 5.75 Å². The molecule has 1 aliphatic heterocycles. The number of nitrogens with zero attached hydrogens (tertiary/aromatic N) is 2. The summed E-state index contributed by atoms with van der Waals surface area (Å²) in [6, 6.07) is 8.88. The van der Waals surface area contributed by atoms with Gasteiger partial charge >= 0.3 is 12.3 Å². The number of carboxylic acids is 1. The fourth-order valence-electron chi connectivity index (χ4n) is 4.02. The zero-order valence-electron chi connectivity index (χ0n) is 17.7. The first kappa shape index (κ1) is 25.3. The van der Waals surface area contributed by atoms with Gasteiger partial charge in [0.2, 0.25) is 10.0 Å². The highest BCUT2D eigenvalue weighted by Crippen LogP contribution is 2.31. The molecular weight excluding hydrogens is 529 g/mol. The van der Waals surface area contributed by atoms with Crippen molar-refractivity contribution in [2.45, 2.75) is 43.6 Å². The van der Waals surface area contributed by atoms with E-state index in [4.69, 9.17) is 5.11 Å². The standard InChI is InChI=1S/C21H22BrF3N2O5S/c1-13-11-26(17-3-5-18(6-4-17)32-21(23,24)25)12-14(2)27(13)33(30,31)19-8-15(9-20(28)29)7-16(22)10-19/h3-8,10,13-14H,9,11-12H2,1-2H3,(H,28,29). The average Bonchev–Trinajstić information content (AvgIpc) is 2.65. The second-order valence-corrected chi connectivity index (χ2v) is 10.6. The van der Waals surface area contributed by atoms with Crippen molar-refractivity contribution in [3.05, 3.63) is 52.5 Å². The molecule has 7 nitrogen and oxygen atoms in total. The number of carboxylic acid groups (broad SMARTS) is 1. The minimum Gasteiger partial charge on any atom is -0.481 e. The molecular formula is C21H22BrF3N2O5S. The summed E-state index contributed by atoms with van der Waals surface area (Å²) in [5, 5.41) is 9.05. The molecule has 0 aromatic heterocycles. The van der Waals surface area contributed by atoms with Crippen LogP contribution in [0, 0.1) is 0 Å². The van der Waals surface area contributed by atoms with Gasteiger partial charge in [-0.15, -0.1) is 13.2 Å². The molecule has 33 heavy (non-hydrogen) atoms. The van der Waals surface area contributed by atoms with Crippen LogP contribution in [0.15, 0.2) is 51.8 Å². The van der Waals surface area contributed by atoms with Crippen LogP contribution in [0.2, 0.25) is 0 Å². The first-order valence-corrected chi connectivity index (χ1v) is 12.1. The van der Waals surface area contributed by atoms with Crippen LogP contribution in [0.5, 0.6) is 5.75 Å². The van der Waals surface area contributed by atoms with Crippen molar-refractivity contribution in [3.63, 3.8) is 0 Å². The molecule has 2 unspecified atom stereocenters. The number of ether oxygens (including phenoxy) is 1. The van der Waals surface area contributed by atoms with Gasteiger partial charge in [-0.2, -0.15) is 4.31 Å². The highest BCUT2D eigenvalue weighted by Gasteiger charge is 2.39. The first-order valence-electron chi connectivity index (χ1n) is 9.92. The van der Waals surface area contributed by atoms with Crippen molar-refractivity contribution in [2.24, 2.45) is 0 Å². The van der Waals surface area contributed by atoms with Crippen LogP contribution in [0.25, 0.3) is 0 Å². The lowest BCUT2D eigenvalue weighted by molar-refractivity contribution is -0.274. The van der Waals surface area contributed by atoms with Crippen molar-refractivity contribution < 1.29 is 36.2 Å². The molecule has 1 saturated heterocycles. The average molecular weight is 551 g/mol. The molecule has 0 aliphatic carbocycles. The van der Waals surface area contributed by atoms with Crippen LogP contribution >= 0.6 is 15.9 Å². The predicted molar refractivity (Wildman–Crippen MR) is 119 cm³/mol. The Kier molecular flexibility index (Phi) is 7.30. The third kappa shape index (κ3) is 6.18. The van der Waals surface area contributed by atoms with Gasteiger partial charge in [-0.1, -0.05) is 15.9 Å². The minimum atomic E-state index is -4.78. The van der Waals surface area contributed by atoms with Crippen LogP contribution in [-0.4, -0.2) is 55.3 Å². The highest BCUT2D eigenvalue weighted by molar-refractivity contribution is 9.10. The minimum absolute atomic E-state index is 0.00562. The van der Waals surface area contributed by atoms with E-state index in [0.29, 0.717) is 28.8 Å². The number of hydrogen-bond donors (Lipinski definition) is 1. The molecule has 12 heteroatoms. The van der Waals surface area contributed by atoms with Gasteiger partial charge in [-0.25, -0.2) is 8.42 Å². The molecule has 2 aromatic carbocycles. The van der Waals surface area contributed by atoms with E-state index in [2.05, 4.69) is 20.7 Å². The Balaban J connectivity index is 1.81. The van der Waals surface area contributed by atoms with E-state index in [-0.39, 0.29) is 17.1 Å². The predicted octanol–water partition coefficient (Wildman–Crippen LogP) is 4.26. The van der Waals surface area contributed by atoms with Crippen LogP contribution < -0.4 is 9.64 Å². The van der Waals surface area contributed by atoms with Crippen LogP contribution in [-0.2, 0) is 21.2 Å². The Morgan fingerprint density at radius 1 is 1.12 bits per heavy atom. The molecule has 1 N–H and O–H groups in total. The molecule has 1 aliphatic rings. The molecule has 2 aromatic rings. The van der Waals surface area contributed by atoms with Crippen LogP contribution in [0.4, 0.5) is 18.9 Å². The fourth-order valence-corrected chi connectivity index (χ4v) is 6.61. The summed E-state index contributed by atoms with van der Waals surface area (Å²) >= 11 is 3.25. The smallest absolute Gasteiger partial charge is 0.481 e.